The van der Waals surface area contributed by atoms with Crippen molar-refractivity contribution in [3.63, 3.8) is 0 Å². The monoisotopic (exact) mass is 349 g/mol. The van der Waals surface area contributed by atoms with E-state index in [0.29, 0.717) is 31.6 Å². The molecular weight excluding hydrogens is 318 g/mol. The minimum atomic E-state index is -3.14. The van der Waals surface area contributed by atoms with Gasteiger partial charge in [-0.2, -0.15) is 0 Å². The van der Waals surface area contributed by atoms with Gasteiger partial charge in [0.2, 0.25) is 10.0 Å². The molecule has 1 aliphatic rings. The molecule has 0 radical (unpaired) electrons. The Hall–Kier alpha value is -0.900. The van der Waals surface area contributed by atoms with Gasteiger partial charge in [-0.05, 0) is 20.8 Å². The van der Waals surface area contributed by atoms with Gasteiger partial charge < -0.3 is 15.4 Å². The lowest BCUT2D eigenvalue weighted by molar-refractivity contribution is 0.0220. The zero-order valence-corrected chi connectivity index (χ0v) is 15.3. The van der Waals surface area contributed by atoms with Crippen LogP contribution in [-0.2, 0) is 14.8 Å². The number of aliphatic imine (C=N–C) groups is 1. The third-order valence-electron chi connectivity index (χ3n) is 3.65. The van der Waals surface area contributed by atoms with Crippen molar-refractivity contribution >= 4 is 16.0 Å². The Morgan fingerprint density at radius 3 is 2.52 bits per heavy atom. The van der Waals surface area contributed by atoms with E-state index in [1.54, 1.807) is 6.92 Å². The fourth-order valence-corrected chi connectivity index (χ4v) is 2.81. The summed E-state index contributed by atoms with van der Waals surface area (Å²) < 4.78 is 30.6. The minimum absolute atomic E-state index is 0.0955. The quantitative estimate of drug-likeness (QED) is 0.287. The van der Waals surface area contributed by atoms with Gasteiger partial charge in [0, 0.05) is 38.8 Å². The second-order valence-corrected chi connectivity index (χ2v) is 7.54. The Morgan fingerprint density at radius 2 is 1.91 bits per heavy atom. The smallest absolute Gasteiger partial charge is 0.211 e. The van der Waals surface area contributed by atoms with E-state index in [1.807, 2.05) is 6.92 Å². The summed E-state index contributed by atoms with van der Waals surface area (Å²) in [7, 11) is -3.14. The lowest BCUT2D eigenvalue weighted by Crippen LogP contribution is -2.45. The van der Waals surface area contributed by atoms with Crippen LogP contribution in [0.1, 0.15) is 20.8 Å². The zero-order valence-electron chi connectivity index (χ0n) is 14.5. The molecule has 0 bridgehead atoms. The fourth-order valence-electron chi connectivity index (χ4n) is 2.19. The third kappa shape index (κ3) is 8.50. The highest BCUT2D eigenvalue weighted by Gasteiger charge is 2.16. The van der Waals surface area contributed by atoms with E-state index in [-0.39, 0.29) is 5.75 Å². The number of hydrogen-bond acceptors (Lipinski definition) is 5. The van der Waals surface area contributed by atoms with E-state index in [9.17, 15) is 8.42 Å². The summed E-state index contributed by atoms with van der Waals surface area (Å²) in [5.74, 6) is 0.807. The molecule has 0 aromatic rings. The van der Waals surface area contributed by atoms with Crippen molar-refractivity contribution in [1.29, 1.82) is 0 Å². The van der Waals surface area contributed by atoms with E-state index in [4.69, 9.17) is 4.74 Å². The highest BCUT2D eigenvalue weighted by Crippen LogP contribution is 2.03. The van der Waals surface area contributed by atoms with Gasteiger partial charge in [-0.15, -0.1) is 0 Å². The summed E-state index contributed by atoms with van der Waals surface area (Å²) in [6.07, 6.45) is 0. The molecule has 136 valence electrons. The fraction of sp³-hybridized carbons (Fsp3) is 0.929. The first-order chi connectivity index (χ1) is 11.0. The average molecular weight is 350 g/mol. The molecule has 23 heavy (non-hydrogen) atoms. The van der Waals surface area contributed by atoms with E-state index in [2.05, 4.69) is 32.2 Å². The van der Waals surface area contributed by atoms with Crippen molar-refractivity contribution in [2.24, 2.45) is 4.99 Å². The number of sulfonamides is 1. The van der Waals surface area contributed by atoms with E-state index in [1.165, 1.54) is 0 Å². The first-order valence-electron chi connectivity index (χ1n) is 8.29. The maximum atomic E-state index is 11.4. The van der Waals surface area contributed by atoms with Gasteiger partial charge in [-0.1, -0.05) is 0 Å². The van der Waals surface area contributed by atoms with Crippen LogP contribution in [0, 0.1) is 0 Å². The van der Waals surface area contributed by atoms with Gasteiger partial charge in [-0.3, -0.25) is 9.89 Å². The van der Waals surface area contributed by atoms with Crippen LogP contribution in [0.4, 0.5) is 0 Å². The molecule has 9 heteroatoms. The van der Waals surface area contributed by atoms with Crippen LogP contribution >= 0.6 is 0 Å². The molecule has 0 saturated carbocycles. The number of guanidine groups is 1. The summed E-state index contributed by atoms with van der Waals surface area (Å²) in [5, 5.41) is 6.32. The maximum Gasteiger partial charge on any atom is 0.211 e. The zero-order chi connectivity index (χ0) is 17.1. The summed E-state index contributed by atoms with van der Waals surface area (Å²) in [4.78, 5) is 6.94. The first-order valence-corrected chi connectivity index (χ1v) is 9.95. The number of ether oxygens (including phenoxy) is 1. The summed E-state index contributed by atoms with van der Waals surface area (Å²) in [6, 6.07) is 0.355. The molecule has 8 nitrogen and oxygen atoms in total. The van der Waals surface area contributed by atoms with Crippen LogP contribution in [-0.4, -0.2) is 83.6 Å². The van der Waals surface area contributed by atoms with Crippen molar-refractivity contribution in [2.75, 3.05) is 58.2 Å². The lowest BCUT2D eigenvalue weighted by atomic mass is 10.2. The highest BCUT2D eigenvalue weighted by atomic mass is 32.2. The van der Waals surface area contributed by atoms with Gasteiger partial charge >= 0.3 is 0 Å². The van der Waals surface area contributed by atoms with Gasteiger partial charge in [0.05, 0.1) is 25.5 Å². The topological polar surface area (TPSA) is 95.1 Å². The molecule has 1 atom stereocenters. The molecule has 0 aromatic carbocycles. The van der Waals surface area contributed by atoms with Crippen LogP contribution in [0.2, 0.25) is 0 Å². The molecule has 1 fully saturated rings. The van der Waals surface area contributed by atoms with Gasteiger partial charge in [0.15, 0.2) is 5.96 Å². The second-order valence-electron chi connectivity index (χ2n) is 5.44. The molecule has 1 unspecified atom stereocenters. The number of nitrogens with zero attached hydrogens (tertiary/aromatic N) is 2. The Bertz CT molecular complexity index is 449. The molecule has 1 aliphatic heterocycles. The van der Waals surface area contributed by atoms with Crippen LogP contribution in [0.25, 0.3) is 0 Å². The van der Waals surface area contributed by atoms with E-state index >= 15 is 0 Å². The van der Waals surface area contributed by atoms with Gasteiger partial charge in [0.25, 0.3) is 0 Å². The van der Waals surface area contributed by atoms with Crippen LogP contribution in [0.15, 0.2) is 4.99 Å². The van der Waals surface area contributed by atoms with Crippen LogP contribution in [0.3, 0.4) is 0 Å². The minimum Gasteiger partial charge on any atom is -0.379 e. The predicted molar refractivity (Wildman–Crippen MR) is 93.3 cm³/mol. The molecule has 1 heterocycles. The Kier molecular flexibility index (Phi) is 9.46. The van der Waals surface area contributed by atoms with Crippen LogP contribution < -0.4 is 15.4 Å². The Morgan fingerprint density at radius 1 is 1.22 bits per heavy atom. The Labute approximate surface area is 140 Å². The number of nitrogens with one attached hydrogen (secondary N) is 3. The van der Waals surface area contributed by atoms with Gasteiger partial charge in [0.1, 0.15) is 0 Å². The van der Waals surface area contributed by atoms with Crippen molar-refractivity contribution in [3.05, 3.63) is 0 Å². The molecular formula is C14H31N5O3S. The van der Waals surface area contributed by atoms with Crippen molar-refractivity contribution in [3.8, 4) is 0 Å². The average Bonchev–Trinajstić information content (AvgIpc) is 2.57. The summed E-state index contributed by atoms with van der Waals surface area (Å²) in [5.41, 5.74) is 0. The number of rotatable bonds is 9. The second kappa shape index (κ2) is 10.8. The molecule has 1 rings (SSSR count). The van der Waals surface area contributed by atoms with E-state index in [0.717, 1.165) is 32.8 Å². The van der Waals surface area contributed by atoms with Crippen LogP contribution in [0.5, 0.6) is 0 Å². The predicted octanol–water partition coefficient (Wildman–Crippen LogP) is -0.798. The van der Waals surface area contributed by atoms with Crippen molar-refractivity contribution in [1.82, 2.24) is 20.3 Å². The SMILES string of the molecule is CCNC(=NCC(C)N1CCOCC1)NCCNS(=O)(=O)CC. The third-order valence-corrected chi connectivity index (χ3v) is 5.05. The molecule has 0 aliphatic carbocycles. The number of morpholine rings is 1. The highest BCUT2D eigenvalue weighted by molar-refractivity contribution is 7.89. The standard InChI is InChI=1S/C14H31N5O3S/c1-4-15-14(16-6-7-18-23(20,21)5-2)17-12-13(3)19-8-10-22-11-9-19/h13,18H,4-12H2,1-3H3,(H2,15,16,17). The first kappa shape index (κ1) is 20.1. The Balaban J connectivity index is 2.37. The van der Waals surface area contributed by atoms with E-state index < -0.39 is 10.0 Å². The van der Waals surface area contributed by atoms with Crippen molar-refractivity contribution < 1.29 is 13.2 Å². The number of hydrogen-bond donors (Lipinski definition) is 3. The van der Waals surface area contributed by atoms with Crippen molar-refractivity contribution in [2.45, 2.75) is 26.8 Å². The molecule has 0 aromatic heterocycles. The summed E-state index contributed by atoms with van der Waals surface area (Å²) >= 11 is 0. The largest absolute Gasteiger partial charge is 0.379 e. The molecule has 0 amide bonds. The molecule has 3 N–H and O–H groups in total. The lowest BCUT2D eigenvalue weighted by Gasteiger charge is -2.31. The molecule has 1 saturated heterocycles. The molecule has 0 spiro atoms. The van der Waals surface area contributed by atoms with Gasteiger partial charge in [-0.25, -0.2) is 13.1 Å². The summed E-state index contributed by atoms with van der Waals surface area (Å²) in [6.45, 7) is 11.5. The maximum absolute atomic E-state index is 11.4. The normalized spacial score (nSPS) is 18.7.